The molecule has 0 saturated carbocycles. The van der Waals surface area contributed by atoms with Gasteiger partial charge < -0.3 is 21.3 Å². The summed E-state index contributed by atoms with van der Waals surface area (Å²) in [6, 6.07) is 6.29. The minimum Gasteiger partial charge on any atom is -0.352 e. The van der Waals surface area contributed by atoms with Crippen molar-refractivity contribution in [1.29, 1.82) is 0 Å². The molecule has 0 bridgehead atoms. The third kappa shape index (κ3) is 3.29. The van der Waals surface area contributed by atoms with Crippen LogP contribution in [-0.2, 0) is 5.67 Å². The maximum atomic E-state index is 14.5. The van der Waals surface area contributed by atoms with Gasteiger partial charge in [0.05, 0.1) is 0 Å². The molecule has 0 atom stereocenters. The number of carbonyl (C=O) groups excluding carboxylic acids is 2. The zero-order valence-corrected chi connectivity index (χ0v) is 12.8. The molecule has 0 spiro atoms. The van der Waals surface area contributed by atoms with Crippen molar-refractivity contribution in [2.24, 2.45) is 5.73 Å². The van der Waals surface area contributed by atoms with Crippen LogP contribution in [0.15, 0.2) is 24.3 Å². The summed E-state index contributed by atoms with van der Waals surface area (Å²) in [6.07, 6.45) is 1.34. The number of likely N-dealkylation sites (tertiary alicyclic amines) is 1. The summed E-state index contributed by atoms with van der Waals surface area (Å²) in [6.45, 7) is 1.68. The van der Waals surface area contributed by atoms with Gasteiger partial charge in [-0.05, 0) is 30.5 Å². The third-order valence-electron chi connectivity index (χ3n) is 4.57. The number of amides is 3. The number of carbonyl (C=O) groups is 2. The predicted octanol–water partition coefficient (Wildman–Crippen LogP) is 0.727. The maximum Gasteiger partial charge on any atom is 0.312 e. The number of rotatable bonds is 3. The quantitative estimate of drug-likeness (QED) is 0.767. The average molecular weight is 320 g/mol. The minimum absolute atomic E-state index is 0.0121. The van der Waals surface area contributed by atoms with Crippen LogP contribution in [0.5, 0.6) is 0 Å². The SMILES string of the molecule is NC(=O)NC1CCN(C(=O)c2cccc(C3(F)CNC3)c2)CC1. The van der Waals surface area contributed by atoms with E-state index in [0.29, 0.717) is 37.1 Å². The minimum atomic E-state index is -1.37. The topological polar surface area (TPSA) is 87.5 Å². The number of primary amides is 1. The highest BCUT2D eigenvalue weighted by atomic mass is 19.1. The highest BCUT2D eigenvalue weighted by Crippen LogP contribution is 2.30. The first-order chi connectivity index (χ1) is 11.0. The van der Waals surface area contributed by atoms with E-state index >= 15 is 0 Å². The summed E-state index contributed by atoms with van der Waals surface area (Å²) in [5.41, 5.74) is 4.80. The zero-order chi connectivity index (χ0) is 16.4. The van der Waals surface area contributed by atoms with Gasteiger partial charge in [-0.2, -0.15) is 0 Å². The first kappa shape index (κ1) is 15.7. The summed E-state index contributed by atoms with van der Waals surface area (Å²) in [5, 5.41) is 5.59. The third-order valence-corrected chi connectivity index (χ3v) is 4.57. The van der Waals surface area contributed by atoms with Gasteiger partial charge in [0, 0.05) is 37.8 Å². The van der Waals surface area contributed by atoms with Crippen molar-refractivity contribution in [2.45, 2.75) is 24.6 Å². The molecule has 124 valence electrons. The van der Waals surface area contributed by atoms with Crippen LogP contribution in [0.2, 0.25) is 0 Å². The van der Waals surface area contributed by atoms with Crippen molar-refractivity contribution < 1.29 is 14.0 Å². The summed E-state index contributed by atoms with van der Waals surface area (Å²) in [4.78, 5) is 25.2. The number of alkyl halides is 1. The van der Waals surface area contributed by atoms with E-state index in [0.717, 1.165) is 0 Å². The van der Waals surface area contributed by atoms with Crippen LogP contribution in [0.3, 0.4) is 0 Å². The van der Waals surface area contributed by atoms with Gasteiger partial charge in [-0.1, -0.05) is 12.1 Å². The summed E-state index contributed by atoms with van der Waals surface area (Å²) < 4.78 is 14.5. The van der Waals surface area contributed by atoms with Gasteiger partial charge in [0.25, 0.3) is 5.91 Å². The van der Waals surface area contributed by atoms with Crippen LogP contribution in [0.4, 0.5) is 9.18 Å². The van der Waals surface area contributed by atoms with E-state index < -0.39 is 11.7 Å². The average Bonchev–Trinajstić information content (AvgIpc) is 2.52. The molecular formula is C16H21FN4O2. The first-order valence-corrected chi connectivity index (χ1v) is 7.83. The van der Waals surface area contributed by atoms with Crippen LogP contribution in [0.1, 0.15) is 28.8 Å². The van der Waals surface area contributed by atoms with E-state index in [1.54, 1.807) is 29.2 Å². The zero-order valence-electron chi connectivity index (χ0n) is 12.8. The van der Waals surface area contributed by atoms with Crippen molar-refractivity contribution in [3.63, 3.8) is 0 Å². The number of nitrogens with two attached hydrogens (primary N) is 1. The van der Waals surface area contributed by atoms with Gasteiger partial charge in [0.1, 0.15) is 0 Å². The molecule has 2 aliphatic heterocycles. The number of nitrogens with zero attached hydrogens (tertiary/aromatic N) is 1. The lowest BCUT2D eigenvalue weighted by Gasteiger charge is -2.36. The maximum absolute atomic E-state index is 14.5. The van der Waals surface area contributed by atoms with Crippen molar-refractivity contribution >= 4 is 11.9 Å². The Bertz CT molecular complexity index is 610. The van der Waals surface area contributed by atoms with Crippen LogP contribution >= 0.6 is 0 Å². The van der Waals surface area contributed by atoms with Crippen molar-refractivity contribution in [2.75, 3.05) is 26.2 Å². The van der Waals surface area contributed by atoms with Crippen molar-refractivity contribution in [3.8, 4) is 0 Å². The standard InChI is InChI=1S/C16H21FN4O2/c17-16(9-19-10-16)12-3-1-2-11(8-12)14(22)21-6-4-13(5-7-21)20-15(18)23/h1-3,8,13,19H,4-7,9-10H2,(H3,18,20,23). The number of halogens is 1. The van der Waals surface area contributed by atoms with E-state index in [1.807, 2.05) is 0 Å². The van der Waals surface area contributed by atoms with Gasteiger partial charge in [-0.3, -0.25) is 4.79 Å². The Morgan fingerprint density at radius 2 is 2.00 bits per heavy atom. The second-order valence-electron chi connectivity index (χ2n) is 6.22. The molecule has 2 heterocycles. The van der Waals surface area contributed by atoms with Gasteiger partial charge in [-0.15, -0.1) is 0 Å². The monoisotopic (exact) mass is 320 g/mol. The molecule has 0 aliphatic carbocycles. The smallest absolute Gasteiger partial charge is 0.312 e. The molecule has 4 N–H and O–H groups in total. The Balaban J connectivity index is 1.65. The van der Waals surface area contributed by atoms with Crippen LogP contribution in [-0.4, -0.2) is 49.1 Å². The number of hydrogen-bond acceptors (Lipinski definition) is 3. The van der Waals surface area contributed by atoms with Gasteiger partial charge in [0.15, 0.2) is 5.67 Å². The van der Waals surface area contributed by atoms with Crippen LogP contribution in [0.25, 0.3) is 0 Å². The molecule has 23 heavy (non-hydrogen) atoms. The molecule has 7 heteroatoms. The first-order valence-electron chi connectivity index (χ1n) is 7.83. The number of urea groups is 1. The number of piperidine rings is 1. The molecule has 2 aliphatic rings. The van der Waals surface area contributed by atoms with Gasteiger partial charge in [0.2, 0.25) is 0 Å². The van der Waals surface area contributed by atoms with Crippen molar-refractivity contribution in [1.82, 2.24) is 15.5 Å². The van der Waals surface area contributed by atoms with Gasteiger partial charge >= 0.3 is 6.03 Å². The van der Waals surface area contributed by atoms with E-state index in [4.69, 9.17) is 5.73 Å². The highest BCUT2D eigenvalue weighted by molar-refractivity contribution is 5.94. The molecule has 0 radical (unpaired) electrons. The molecule has 0 aromatic heterocycles. The van der Waals surface area contributed by atoms with Gasteiger partial charge in [-0.25, -0.2) is 9.18 Å². The number of benzene rings is 1. The fourth-order valence-corrected chi connectivity index (χ4v) is 3.09. The predicted molar refractivity (Wildman–Crippen MR) is 83.7 cm³/mol. The summed E-state index contributed by atoms with van der Waals surface area (Å²) in [7, 11) is 0. The normalized spacial score (nSPS) is 20.7. The van der Waals surface area contributed by atoms with E-state index in [1.165, 1.54) is 0 Å². The molecule has 2 fully saturated rings. The molecule has 2 saturated heterocycles. The van der Waals surface area contributed by atoms with Crippen LogP contribution in [0, 0.1) is 0 Å². The molecule has 1 aromatic rings. The van der Waals surface area contributed by atoms with E-state index in [-0.39, 0.29) is 25.0 Å². The molecule has 3 rings (SSSR count). The second-order valence-corrected chi connectivity index (χ2v) is 6.22. The number of hydrogen-bond donors (Lipinski definition) is 3. The molecule has 3 amide bonds. The Labute approximate surface area is 134 Å². The van der Waals surface area contributed by atoms with Crippen molar-refractivity contribution in [3.05, 3.63) is 35.4 Å². The Kier molecular flexibility index (Phi) is 4.21. The van der Waals surface area contributed by atoms with E-state index in [2.05, 4.69) is 10.6 Å². The Morgan fingerprint density at radius 3 is 2.57 bits per heavy atom. The highest BCUT2D eigenvalue weighted by Gasteiger charge is 2.39. The lowest BCUT2D eigenvalue weighted by Crippen LogP contribution is -2.53. The summed E-state index contributed by atoms with van der Waals surface area (Å²) in [5.74, 6) is -0.0970. The molecule has 1 aromatic carbocycles. The largest absolute Gasteiger partial charge is 0.352 e. The lowest BCUT2D eigenvalue weighted by atomic mass is 9.89. The molecule has 6 nitrogen and oxygen atoms in total. The lowest BCUT2D eigenvalue weighted by molar-refractivity contribution is 0.0706. The molecule has 0 unspecified atom stereocenters. The van der Waals surface area contributed by atoms with Crippen LogP contribution < -0.4 is 16.4 Å². The summed E-state index contributed by atoms with van der Waals surface area (Å²) >= 11 is 0. The van der Waals surface area contributed by atoms with E-state index in [9.17, 15) is 14.0 Å². The Morgan fingerprint density at radius 1 is 1.30 bits per heavy atom. The fraction of sp³-hybridized carbons (Fsp3) is 0.500. The fourth-order valence-electron chi connectivity index (χ4n) is 3.09. The second kappa shape index (κ2) is 6.16. The molecular weight excluding hydrogens is 299 g/mol. The Hall–Kier alpha value is -2.15. The number of nitrogens with one attached hydrogen (secondary N) is 2.